The molecule has 1 unspecified atom stereocenters. The number of fused-ring (bicyclic) bond motifs is 1. The number of amidine groups is 1. The molecule has 150 valence electrons. The minimum atomic E-state index is -1.24. The summed E-state index contributed by atoms with van der Waals surface area (Å²) in [5.41, 5.74) is 0.363. The molecule has 2 aromatic carbocycles. The summed E-state index contributed by atoms with van der Waals surface area (Å²) >= 11 is 0. The van der Waals surface area contributed by atoms with E-state index in [0.29, 0.717) is 29.9 Å². The maximum atomic E-state index is 13.3. The largest absolute Gasteiger partial charge is 0.502 e. The van der Waals surface area contributed by atoms with Crippen LogP contribution in [0, 0.1) is 15.9 Å². The van der Waals surface area contributed by atoms with E-state index < -0.39 is 22.2 Å². The fourth-order valence-corrected chi connectivity index (χ4v) is 3.69. The lowest BCUT2D eigenvalue weighted by Gasteiger charge is -2.38. The molecule has 8 nitrogen and oxygen atoms in total. The van der Waals surface area contributed by atoms with Crippen LogP contribution >= 0.6 is 0 Å². The molecule has 0 aromatic heterocycles. The Kier molecular flexibility index (Phi) is 4.67. The van der Waals surface area contributed by atoms with Crippen molar-refractivity contribution in [3.63, 3.8) is 0 Å². The molecule has 1 fully saturated rings. The van der Waals surface area contributed by atoms with Gasteiger partial charge < -0.3 is 20.0 Å². The summed E-state index contributed by atoms with van der Waals surface area (Å²) in [6.07, 6.45) is 3.22. The Morgan fingerprint density at radius 1 is 1.31 bits per heavy atom. The highest BCUT2D eigenvalue weighted by Crippen LogP contribution is 2.40. The zero-order valence-electron chi connectivity index (χ0n) is 15.3. The van der Waals surface area contributed by atoms with E-state index in [1.165, 1.54) is 24.3 Å². The van der Waals surface area contributed by atoms with Crippen molar-refractivity contribution in [1.82, 2.24) is 4.90 Å². The molecule has 0 bridgehead atoms. The zero-order chi connectivity index (χ0) is 20.6. The highest BCUT2D eigenvalue weighted by molar-refractivity contribution is 6.03. The molecule has 0 spiro atoms. The molecule has 2 heterocycles. The van der Waals surface area contributed by atoms with E-state index in [0.717, 1.165) is 12.0 Å². The number of rotatable bonds is 4. The smallest absolute Gasteiger partial charge is 0.310 e. The predicted octanol–water partition coefficient (Wildman–Crippen LogP) is 3.11. The molecule has 1 atom stereocenters. The lowest BCUT2D eigenvalue weighted by atomic mass is 9.95. The normalized spacial score (nSPS) is 22.2. The van der Waals surface area contributed by atoms with Crippen molar-refractivity contribution < 1.29 is 24.4 Å². The Morgan fingerprint density at radius 2 is 2.07 bits per heavy atom. The van der Waals surface area contributed by atoms with Gasteiger partial charge in [0.25, 0.3) is 5.72 Å². The topological polar surface area (TPSA) is 108 Å². The van der Waals surface area contributed by atoms with Gasteiger partial charge >= 0.3 is 5.69 Å². The van der Waals surface area contributed by atoms with E-state index in [1.807, 2.05) is 4.90 Å². The number of benzene rings is 2. The molecule has 0 radical (unpaired) electrons. The standard InChI is InChI=1S/C20H18FN3O5/c21-16-6-4-15(5-7-16)20(12-25)23-9-1-2-14(19(23)22-29-20)10-13-3-8-17(24(27)28)18(26)11-13/h3-8,10-11,25-26H,1-2,9,12H2/b14-10+. The number of phenols is 1. The molecule has 9 heteroatoms. The van der Waals surface area contributed by atoms with E-state index in [1.54, 1.807) is 24.3 Å². The average Bonchev–Trinajstić information content (AvgIpc) is 3.09. The minimum absolute atomic E-state index is 0.366. The molecule has 0 amide bonds. The van der Waals surface area contributed by atoms with Gasteiger partial charge in [0.1, 0.15) is 12.4 Å². The number of halogens is 1. The summed E-state index contributed by atoms with van der Waals surface area (Å²) in [6, 6.07) is 9.81. The van der Waals surface area contributed by atoms with Gasteiger partial charge in [0.2, 0.25) is 0 Å². The SMILES string of the molecule is O=[N+]([O-])c1ccc(/C=C2\CCCN3C2=NOC3(CO)c2ccc(F)cc2)cc1O. The summed E-state index contributed by atoms with van der Waals surface area (Å²) in [6.45, 7) is 0.205. The summed E-state index contributed by atoms with van der Waals surface area (Å²) in [5.74, 6) is -0.275. The number of oxime groups is 1. The van der Waals surface area contributed by atoms with Crippen LogP contribution in [0.15, 0.2) is 53.2 Å². The van der Waals surface area contributed by atoms with E-state index in [-0.39, 0.29) is 12.3 Å². The number of phenolic OH excluding ortho intramolecular Hbond substituents is 1. The molecule has 0 aliphatic carbocycles. The summed E-state index contributed by atoms with van der Waals surface area (Å²) < 4.78 is 13.3. The molecule has 1 saturated heterocycles. The molecule has 0 saturated carbocycles. The number of aliphatic hydroxyl groups excluding tert-OH is 1. The second-order valence-electron chi connectivity index (χ2n) is 6.89. The van der Waals surface area contributed by atoms with Crippen molar-refractivity contribution in [3.8, 4) is 5.75 Å². The van der Waals surface area contributed by atoms with Crippen molar-refractivity contribution in [2.75, 3.05) is 13.2 Å². The third kappa shape index (κ3) is 3.19. The van der Waals surface area contributed by atoms with Gasteiger partial charge in [-0.3, -0.25) is 10.1 Å². The molecule has 2 N–H and O–H groups in total. The molecule has 2 aliphatic heterocycles. The van der Waals surface area contributed by atoms with E-state index >= 15 is 0 Å². The quantitative estimate of drug-likeness (QED) is 0.604. The minimum Gasteiger partial charge on any atom is -0.502 e. The van der Waals surface area contributed by atoms with Gasteiger partial charge in [-0.05, 0) is 66.5 Å². The van der Waals surface area contributed by atoms with E-state index in [4.69, 9.17) is 4.84 Å². The maximum Gasteiger partial charge on any atom is 0.310 e. The van der Waals surface area contributed by atoms with Gasteiger partial charge in [-0.15, -0.1) is 0 Å². The second-order valence-corrected chi connectivity index (χ2v) is 6.89. The first kappa shape index (κ1) is 18.9. The predicted molar refractivity (Wildman–Crippen MR) is 102 cm³/mol. The Bertz CT molecular complexity index is 1020. The molecular formula is C20H18FN3O5. The van der Waals surface area contributed by atoms with Gasteiger partial charge in [-0.1, -0.05) is 5.16 Å². The summed E-state index contributed by atoms with van der Waals surface area (Å²) in [5, 5.41) is 35.0. The zero-order valence-corrected chi connectivity index (χ0v) is 15.3. The van der Waals surface area contributed by atoms with E-state index in [2.05, 4.69) is 5.16 Å². The van der Waals surface area contributed by atoms with Gasteiger partial charge in [-0.2, -0.15) is 0 Å². The molecule has 29 heavy (non-hydrogen) atoms. The van der Waals surface area contributed by atoms with Crippen molar-refractivity contribution in [2.45, 2.75) is 18.6 Å². The number of nitro benzene ring substituents is 1. The number of nitro groups is 1. The van der Waals surface area contributed by atoms with Crippen LogP contribution in [0.4, 0.5) is 10.1 Å². The van der Waals surface area contributed by atoms with Crippen molar-refractivity contribution in [2.24, 2.45) is 5.16 Å². The summed E-state index contributed by atoms with van der Waals surface area (Å²) in [4.78, 5) is 17.7. The van der Waals surface area contributed by atoms with Crippen LogP contribution in [-0.2, 0) is 10.6 Å². The Morgan fingerprint density at radius 3 is 2.72 bits per heavy atom. The molecule has 4 rings (SSSR count). The van der Waals surface area contributed by atoms with Crippen LogP contribution in [0.2, 0.25) is 0 Å². The van der Waals surface area contributed by atoms with Crippen molar-refractivity contribution in [3.05, 3.63) is 75.1 Å². The van der Waals surface area contributed by atoms with Crippen LogP contribution in [0.5, 0.6) is 5.75 Å². The van der Waals surface area contributed by atoms with Crippen molar-refractivity contribution in [1.29, 1.82) is 0 Å². The fourth-order valence-electron chi connectivity index (χ4n) is 3.69. The number of aromatic hydroxyl groups is 1. The van der Waals surface area contributed by atoms with Crippen LogP contribution in [0.25, 0.3) is 6.08 Å². The van der Waals surface area contributed by atoms with Gasteiger partial charge in [0.05, 0.1) is 4.92 Å². The van der Waals surface area contributed by atoms with Crippen LogP contribution in [-0.4, -0.2) is 39.0 Å². The third-order valence-corrected chi connectivity index (χ3v) is 5.14. The number of piperidine rings is 1. The lowest BCUT2D eigenvalue weighted by Crippen LogP contribution is -2.51. The molecular weight excluding hydrogens is 381 g/mol. The lowest BCUT2D eigenvalue weighted by molar-refractivity contribution is -0.385. The van der Waals surface area contributed by atoms with Gasteiger partial charge in [0, 0.05) is 18.2 Å². The first-order chi connectivity index (χ1) is 13.9. The Hall–Kier alpha value is -3.46. The highest BCUT2D eigenvalue weighted by Gasteiger charge is 2.49. The highest BCUT2D eigenvalue weighted by atomic mass is 19.1. The van der Waals surface area contributed by atoms with E-state index in [9.17, 15) is 24.7 Å². The molecule has 2 aliphatic rings. The maximum absolute atomic E-state index is 13.3. The van der Waals surface area contributed by atoms with Gasteiger partial charge in [-0.25, -0.2) is 4.39 Å². The fraction of sp³-hybridized carbons (Fsp3) is 0.250. The first-order valence-corrected chi connectivity index (χ1v) is 9.04. The number of nitrogens with zero attached hydrogens (tertiary/aromatic N) is 3. The summed E-state index contributed by atoms with van der Waals surface area (Å²) in [7, 11) is 0. The second kappa shape index (κ2) is 7.17. The Balaban J connectivity index is 1.67. The van der Waals surface area contributed by atoms with Crippen molar-refractivity contribution >= 4 is 17.6 Å². The molecule has 2 aromatic rings. The van der Waals surface area contributed by atoms with Crippen LogP contribution in [0.3, 0.4) is 0 Å². The van der Waals surface area contributed by atoms with Crippen LogP contribution in [0.1, 0.15) is 24.0 Å². The van der Waals surface area contributed by atoms with Crippen LogP contribution < -0.4 is 0 Å². The number of hydrogen-bond acceptors (Lipinski definition) is 7. The first-order valence-electron chi connectivity index (χ1n) is 9.04. The van der Waals surface area contributed by atoms with Gasteiger partial charge in [0.15, 0.2) is 11.6 Å². The monoisotopic (exact) mass is 399 g/mol. The third-order valence-electron chi connectivity index (χ3n) is 5.14. The Labute approximate surface area is 165 Å². The number of aliphatic hydroxyl groups is 1. The average molecular weight is 399 g/mol. The number of hydrogen-bond donors (Lipinski definition) is 2.